The number of benzene rings is 2. The largest absolute Gasteiger partial charge is 0.0839 e. The molecular formula is C16H19Br. The summed E-state index contributed by atoms with van der Waals surface area (Å²) in [6.07, 6.45) is 2.46. The van der Waals surface area contributed by atoms with E-state index in [9.17, 15) is 0 Å². The van der Waals surface area contributed by atoms with Crippen LogP contribution >= 0.6 is 15.9 Å². The third kappa shape index (κ3) is 3.10. The molecule has 1 heteroatoms. The Bertz CT molecular complexity index is 482. The zero-order valence-electron chi connectivity index (χ0n) is 10.5. The fourth-order valence-corrected chi connectivity index (χ4v) is 2.82. The summed E-state index contributed by atoms with van der Waals surface area (Å²) >= 11 is 3.84. The van der Waals surface area contributed by atoms with Gasteiger partial charge in [0.2, 0.25) is 0 Å². The van der Waals surface area contributed by atoms with Crippen LogP contribution in [0.15, 0.2) is 42.5 Å². The molecule has 0 nitrogen and oxygen atoms in total. The van der Waals surface area contributed by atoms with Crippen molar-refractivity contribution in [1.82, 2.24) is 0 Å². The van der Waals surface area contributed by atoms with E-state index in [1.165, 1.54) is 29.2 Å². The number of fused-ring (bicyclic) bond motifs is 1. The lowest BCUT2D eigenvalue weighted by Crippen LogP contribution is -1.95. The number of hydrogen-bond acceptors (Lipinski definition) is 0. The Balaban J connectivity index is 2.28. The maximum atomic E-state index is 3.84. The van der Waals surface area contributed by atoms with E-state index < -0.39 is 0 Å². The first-order valence-electron chi connectivity index (χ1n) is 6.30. The fraction of sp³-hybridized carbons (Fsp3) is 0.375. The van der Waals surface area contributed by atoms with Crippen LogP contribution in [0.5, 0.6) is 0 Å². The van der Waals surface area contributed by atoms with Gasteiger partial charge in [0, 0.05) is 4.83 Å². The molecule has 0 heterocycles. The molecule has 0 N–H and O–H groups in total. The number of hydrogen-bond donors (Lipinski definition) is 0. The Morgan fingerprint density at radius 3 is 2.41 bits per heavy atom. The molecule has 0 bridgehead atoms. The summed E-state index contributed by atoms with van der Waals surface area (Å²) in [6.45, 7) is 4.56. The van der Waals surface area contributed by atoms with E-state index in [2.05, 4.69) is 72.2 Å². The van der Waals surface area contributed by atoms with Crippen LogP contribution < -0.4 is 0 Å². The molecule has 0 aliphatic carbocycles. The van der Waals surface area contributed by atoms with Crippen molar-refractivity contribution in [3.05, 3.63) is 48.0 Å². The average molecular weight is 291 g/mol. The van der Waals surface area contributed by atoms with E-state index in [1.54, 1.807) is 0 Å². The maximum Gasteiger partial charge on any atom is 0.0401 e. The van der Waals surface area contributed by atoms with Crippen LogP contribution in [-0.2, 0) is 0 Å². The van der Waals surface area contributed by atoms with Crippen molar-refractivity contribution < 1.29 is 0 Å². The molecule has 2 aromatic rings. The molecule has 0 saturated heterocycles. The van der Waals surface area contributed by atoms with Gasteiger partial charge in [0.15, 0.2) is 0 Å². The predicted octanol–water partition coefficient (Wildman–Crippen LogP) is 5.71. The van der Waals surface area contributed by atoms with Gasteiger partial charge in [-0.3, -0.25) is 0 Å². The number of alkyl halides is 1. The quantitative estimate of drug-likeness (QED) is 0.633. The second kappa shape index (κ2) is 5.68. The van der Waals surface area contributed by atoms with Crippen LogP contribution in [0.2, 0.25) is 0 Å². The summed E-state index contributed by atoms with van der Waals surface area (Å²) < 4.78 is 0. The third-order valence-corrected chi connectivity index (χ3v) is 4.11. The normalized spacial score (nSPS) is 13.2. The zero-order chi connectivity index (χ0) is 12.3. The molecule has 1 atom stereocenters. The number of rotatable bonds is 4. The molecule has 17 heavy (non-hydrogen) atoms. The lowest BCUT2D eigenvalue weighted by atomic mass is 9.98. The van der Waals surface area contributed by atoms with Gasteiger partial charge in [0.25, 0.3) is 0 Å². The van der Waals surface area contributed by atoms with Crippen LogP contribution in [-0.4, -0.2) is 0 Å². The minimum Gasteiger partial charge on any atom is -0.0839 e. The molecule has 0 aliphatic rings. The van der Waals surface area contributed by atoms with Gasteiger partial charge in [0.05, 0.1) is 0 Å². The van der Waals surface area contributed by atoms with E-state index in [4.69, 9.17) is 0 Å². The van der Waals surface area contributed by atoms with Crippen LogP contribution in [0.4, 0.5) is 0 Å². The summed E-state index contributed by atoms with van der Waals surface area (Å²) in [5.74, 6) is 0.769. The van der Waals surface area contributed by atoms with E-state index in [0.29, 0.717) is 4.83 Å². The van der Waals surface area contributed by atoms with Gasteiger partial charge >= 0.3 is 0 Å². The first kappa shape index (κ1) is 12.6. The highest BCUT2D eigenvalue weighted by Crippen LogP contribution is 2.34. The van der Waals surface area contributed by atoms with Crippen molar-refractivity contribution in [3.8, 4) is 0 Å². The van der Waals surface area contributed by atoms with Crippen molar-refractivity contribution in [2.45, 2.75) is 31.5 Å². The fourth-order valence-electron chi connectivity index (χ4n) is 2.16. The molecule has 0 aliphatic heterocycles. The summed E-state index contributed by atoms with van der Waals surface area (Å²) in [7, 11) is 0. The summed E-state index contributed by atoms with van der Waals surface area (Å²) in [5, 5.41) is 2.71. The van der Waals surface area contributed by atoms with Gasteiger partial charge in [-0.25, -0.2) is 0 Å². The molecule has 90 valence electrons. The standard InChI is InChI=1S/C16H19Br/c1-12(2)10-11-16(17)15-9-5-7-13-6-3-4-8-14(13)15/h3-9,12,16H,10-11H2,1-2H3. The Labute approximate surface area is 112 Å². The molecule has 0 fully saturated rings. The average Bonchev–Trinajstić information content (AvgIpc) is 2.35. The van der Waals surface area contributed by atoms with Gasteiger partial charge in [-0.05, 0) is 35.1 Å². The lowest BCUT2D eigenvalue weighted by Gasteiger charge is -2.14. The zero-order valence-corrected chi connectivity index (χ0v) is 12.1. The summed E-state index contributed by atoms with van der Waals surface area (Å²) in [5.41, 5.74) is 1.42. The Hall–Kier alpha value is -0.820. The minimum atomic E-state index is 0.469. The van der Waals surface area contributed by atoms with Crippen molar-refractivity contribution in [2.75, 3.05) is 0 Å². The van der Waals surface area contributed by atoms with Gasteiger partial charge in [-0.15, -0.1) is 0 Å². The summed E-state index contributed by atoms with van der Waals surface area (Å²) in [6, 6.07) is 15.2. The number of halogens is 1. The molecule has 0 saturated carbocycles. The molecule has 0 amide bonds. The first-order chi connectivity index (χ1) is 8.18. The Morgan fingerprint density at radius 1 is 0.941 bits per heavy atom. The van der Waals surface area contributed by atoms with Crippen molar-refractivity contribution in [2.24, 2.45) is 5.92 Å². The van der Waals surface area contributed by atoms with Gasteiger partial charge in [-0.1, -0.05) is 72.2 Å². The highest BCUT2D eigenvalue weighted by atomic mass is 79.9. The van der Waals surface area contributed by atoms with E-state index >= 15 is 0 Å². The molecule has 0 radical (unpaired) electrons. The highest BCUT2D eigenvalue weighted by Gasteiger charge is 2.11. The molecule has 1 unspecified atom stereocenters. The van der Waals surface area contributed by atoms with Crippen LogP contribution in [0.25, 0.3) is 10.8 Å². The van der Waals surface area contributed by atoms with Gasteiger partial charge in [-0.2, -0.15) is 0 Å². The van der Waals surface area contributed by atoms with Crippen LogP contribution in [0.3, 0.4) is 0 Å². The SMILES string of the molecule is CC(C)CCC(Br)c1cccc2ccccc12. The van der Waals surface area contributed by atoms with Crippen LogP contribution in [0, 0.1) is 5.92 Å². The van der Waals surface area contributed by atoms with Gasteiger partial charge in [0.1, 0.15) is 0 Å². The molecular weight excluding hydrogens is 272 g/mol. The highest BCUT2D eigenvalue weighted by molar-refractivity contribution is 9.09. The van der Waals surface area contributed by atoms with Crippen LogP contribution in [0.1, 0.15) is 37.1 Å². The smallest absolute Gasteiger partial charge is 0.0401 e. The minimum absolute atomic E-state index is 0.469. The monoisotopic (exact) mass is 290 g/mol. The predicted molar refractivity (Wildman–Crippen MR) is 79.7 cm³/mol. The van der Waals surface area contributed by atoms with Crippen molar-refractivity contribution in [1.29, 1.82) is 0 Å². The Morgan fingerprint density at radius 2 is 1.65 bits per heavy atom. The molecule has 0 aromatic heterocycles. The second-order valence-corrected chi connectivity index (χ2v) is 6.11. The maximum absolute atomic E-state index is 3.84. The molecule has 2 aromatic carbocycles. The first-order valence-corrected chi connectivity index (χ1v) is 7.22. The van der Waals surface area contributed by atoms with E-state index in [0.717, 1.165) is 5.92 Å². The molecule has 2 rings (SSSR count). The van der Waals surface area contributed by atoms with E-state index in [1.807, 2.05) is 0 Å². The van der Waals surface area contributed by atoms with Gasteiger partial charge < -0.3 is 0 Å². The van der Waals surface area contributed by atoms with E-state index in [-0.39, 0.29) is 0 Å². The third-order valence-electron chi connectivity index (χ3n) is 3.16. The summed E-state index contributed by atoms with van der Waals surface area (Å²) in [4.78, 5) is 0.469. The topological polar surface area (TPSA) is 0 Å². The second-order valence-electron chi connectivity index (χ2n) is 5.01. The van der Waals surface area contributed by atoms with Crippen molar-refractivity contribution in [3.63, 3.8) is 0 Å². The Kier molecular flexibility index (Phi) is 4.22. The lowest BCUT2D eigenvalue weighted by molar-refractivity contribution is 0.555. The molecule has 0 spiro atoms. The van der Waals surface area contributed by atoms with Crippen molar-refractivity contribution >= 4 is 26.7 Å².